The maximum Gasteiger partial charge on any atom is 0.333 e. The normalized spacial score (nSPS) is 13.8. The number of carboxylic acids is 1. The number of aliphatic carboxylic acids is 1. The average molecular weight is 389 g/mol. The van der Waals surface area contributed by atoms with Gasteiger partial charge in [0.15, 0.2) is 0 Å². The van der Waals surface area contributed by atoms with Gasteiger partial charge >= 0.3 is 5.97 Å². The molecule has 1 aliphatic carbocycles. The molecule has 2 N–H and O–H groups in total. The molecule has 1 aromatic heterocycles. The van der Waals surface area contributed by atoms with Crippen molar-refractivity contribution in [3.63, 3.8) is 0 Å². The zero-order valence-corrected chi connectivity index (χ0v) is 16.2. The van der Waals surface area contributed by atoms with Gasteiger partial charge in [0.05, 0.1) is 16.1 Å². The van der Waals surface area contributed by atoms with Gasteiger partial charge in [0.25, 0.3) is 5.91 Å². The van der Waals surface area contributed by atoms with Crippen LogP contribution in [0.15, 0.2) is 72.0 Å². The van der Waals surface area contributed by atoms with Crippen LogP contribution in [0.4, 0.5) is 0 Å². The van der Waals surface area contributed by atoms with Crippen molar-refractivity contribution in [1.82, 2.24) is 5.32 Å². The third-order valence-corrected chi connectivity index (χ3v) is 6.12. The minimum absolute atomic E-state index is 0.249. The molecule has 3 aromatic rings. The number of rotatable bonds is 4. The summed E-state index contributed by atoms with van der Waals surface area (Å²) >= 11 is 1.43. The first kappa shape index (κ1) is 18.2. The number of carbonyl (C=O) groups excluding carboxylic acids is 1. The Balaban J connectivity index is 1.69. The molecule has 1 aliphatic rings. The summed E-state index contributed by atoms with van der Waals surface area (Å²) in [5, 5.41) is 14.4. The van der Waals surface area contributed by atoms with E-state index in [1.807, 2.05) is 37.3 Å². The number of hydrogen-bond donors (Lipinski definition) is 2. The van der Waals surface area contributed by atoms with Crippen LogP contribution in [-0.2, 0) is 4.79 Å². The van der Waals surface area contributed by atoms with Crippen LogP contribution >= 0.6 is 11.3 Å². The quantitative estimate of drug-likeness (QED) is 0.637. The van der Waals surface area contributed by atoms with Gasteiger partial charge in [-0.25, -0.2) is 4.79 Å². The molecule has 140 valence electrons. The molecule has 2 aromatic carbocycles. The summed E-state index contributed by atoms with van der Waals surface area (Å²) in [7, 11) is 0. The van der Waals surface area contributed by atoms with E-state index in [2.05, 4.69) is 29.6 Å². The van der Waals surface area contributed by atoms with Crippen LogP contribution in [0.1, 0.15) is 28.1 Å². The van der Waals surface area contributed by atoms with Crippen LogP contribution in [0.5, 0.6) is 0 Å². The lowest BCUT2D eigenvalue weighted by atomic mass is 10.0. The van der Waals surface area contributed by atoms with Crippen molar-refractivity contribution in [3.05, 3.63) is 82.4 Å². The number of carbonyl (C=O) groups is 2. The standard InChI is InChI=1S/C23H19NO3S/c1-14-13-20(22(25)24-19-12-5-4-10-18(19)23(26)27)28-21(14)17-11-6-8-15-7-2-3-9-16(15)17/h2-3,5-9,11-13H,4,10H2,1H3,(H,24,25)(H,26,27). The highest BCUT2D eigenvalue weighted by atomic mass is 32.1. The van der Waals surface area contributed by atoms with E-state index in [0.29, 0.717) is 23.4 Å². The van der Waals surface area contributed by atoms with Gasteiger partial charge < -0.3 is 10.4 Å². The van der Waals surface area contributed by atoms with Crippen molar-refractivity contribution in [3.8, 4) is 10.4 Å². The Morgan fingerprint density at radius 1 is 1.11 bits per heavy atom. The number of allylic oxidation sites excluding steroid dienone is 2. The number of nitrogens with one attached hydrogen (secondary N) is 1. The molecule has 5 heteroatoms. The molecule has 0 radical (unpaired) electrons. The average Bonchev–Trinajstić information content (AvgIpc) is 3.09. The van der Waals surface area contributed by atoms with Gasteiger partial charge in [-0.3, -0.25) is 4.79 Å². The zero-order valence-electron chi connectivity index (χ0n) is 15.4. The van der Waals surface area contributed by atoms with E-state index in [1.54, 1.807) is 6.08 Å². The van der Waals surface area contributed by atoms with Crippen LogP contribution in [0.25, 0.3) is 21.2 Å². The number of benzene rings is 2. The molecule has 0 saturated heterocycles. The molecular weight excluding hydrogens is 370 g/mol. The van der Waals surface area contributed by atoms with Crippen molar-refractivity contribution in [2.24, 2.45) is 0 Å². The lowest BCUT2D eigenvalue weighted by Gasteiger charge is -2.13. The molecule has 0 atom stereocenters. The Hall–Kier alpha value is -3.18. The zero-order chi connectivity index (χ0) is 19.7. The second kappa shape index (κ2) is 7.44. The molecule has 0 aliphatic heterocycles. The van der Waals surface area contributed by atoms with Crippen LogP contribution in [0.3, 0.4) is 0 Å². The Morgan fingerprint density at radius 2 is 1.89 bits per heavy atom. The van der Waals surface area contributed by atoms with Crippen molar-refractivity contribution in [2.45, 2.75) is 19.8 Å². The molecule has 0 bridgehead atoms. The maximum absolute atomic E-state index is 12.8. The van der Waals surface area contributed by atoms with Crippen molar-refractivity contribution >= 4 is 34.0 Å². The minimum Gasteiger partial charge on any atom is -0.478 e. The summed E-state index contributed by atoms with van der Waals surface area (Å²) in [6.45, 7) is 1.99. The van der Waals surface area contributed by atoms with Crippen LogP contribution in [0, 0.1) is 6.92 Å². The van der Waals surface area contributed by atoms with E-state index in [9.17, 15) is 14.7 Å². The predicted octanol–water partition coefficient (Wildman–Crippen LogP) is 5.30. The van der Waals surface area contributed by atoms with E-state index in [4.69, 9.17) is 0 Å². The van der Waals surface area contributed by atoms with Crippen molar-refractivity contribution in [1.29, 1.82) is 0 Å². The third-order valence-electron chi connectivity index (χ3n) is 4.85. The molecule has 28 heavy (non-hydrogen) atoms. The first-order valence-electron chi connectivity index (χ1n) is 9.07. The molecule has 1 heterocycles. The fraction of sp³-hybridized carbons (Fsp3) is 0.130. The maximum atomic E-state index is 12.8. The molecule has 0 spiro atoms. The van der Waals surface area contributed by atoms with Crippen molar-refractivity contribution in [2.75, 3.05) is 0 Å². The third kappa shape index (κ3) is 3.37. The number of thiophene rings is 1. The van der Waals surface area contributed by atoms with E-state index in [-0.39, 0.29) is 11.5 Å². The van der Waals surface area contributed by atoms with Gasteiger partial charge in [0, 0.05) is 4.88 Å². The summed E-state index contributed by atoms with van der Waals surface area (Å²) < 4.78 is 0. The van der Waals surface area contributed by atoms with Crippen molar-refractivity contribution < 1.29 is 14.7 Å². The first-order valence-corrected chi connectivity index (χ1v) is 9.89. The summed E-state index contributed by atoms with van der Waals surface area (Å²) in [4.78, 5) is 25.8. The fourth-order valence-electron chi connectivity index (χ4n) is 3.47. The highest BCUT2D eigenvalue weighted by Gasteiger charge is 2.20. The Labute approximate surface area is 166 Å². The molecule has 0 fully saturated rings. The monoisotopic (exact) mass is 389 g/mol. The molecule has 4 rings (SSSR count). The Morgan fingerprint density at radius 3 is 2.71 bits per heavy atom. The second-order valence-corrected chi connectivity index (χ2v) is 7.79. The van der Waals surface area contributed by atoms with Crippen LogP contribution < -0.4 is 5.32 Å². The van der Waals surface area contributed by atoms with Gasteiger partial charge in [-0.1, -0.05) is 48.5 Å². The minimum atomic E-state index is -0.988. The summed E-state index contributed by atoms with van der Waals surface area (Å²) in [6, 6.07) is 16.2. The number of carboxylic acid groups (broad SMARTS) is 1. The molecule has 4 nitrogen and oxygen atoms in total. The molecule has 0 unspecified atom stereocenters. The van der Waals surface area contributed by atoms with E-state index < -0.39 is 5.97 Å². The number of aryl methyl sites for hydroxylation is 1. The second-order valence-electron chi connectivity index (χ2n) is 6.74. The fourth-order valence-corrected chi connectivity index (χ4v) is 4.58. The predicted molar refractivity (Wildman–Crippen MR) is 113 cm³/mol. The molecule has 1 amide bonds. The molecule has 0 saturated carbocycles. The number of fused-ring (bicyclic) bond motifs is 1. The number of hydrogen-bond acceptors (Lipinski definition) is 3. The topological polar surface area (TPSA) is 66.4 Å². The lowest BCUT2D eigenvalue weighted by Crippen LogP contribution is -2.25. The highest BCUT2D eigenvalue weighted by molar-refractivity contribution is 7.17. The first-order chi connectivity index (χ1) is 13.5. The van der Waals surface area contributed by atoms with E-state index >= 15 is 0 Å². The smallest absolute Gasteiger partial charge is 0.333 e. The van der Waals surface area contributed by atoms with Gasteiger partial charge in [-0.05, 0) is 53.8 Å². The van der Waals surface area contributed by atoms with Gasteiger partial charge in [0.1, 0.15) is 0 Å². The van der Waals surface area contributed by atoms with Gasteiger partial charge in [0.2, 0.25) is 0 Å². The van der Waals surface area contributed by atoms with Gasteiger partial charge in [-0.15, -0.1) is 11.3 Å². The Bertz CT molecular complexity index is 1150. The number of amides is 1. The summed E-state index contributed by atoms with van der Waals surface area (Å²) in [5.41, 5.74) is 2.75. The van der Waals surface area contributed by atoms with E-state index in [0.717, 1.165) is 26.8 Å². The lowest BCUT2D eigenvalue weighted by molar-refractivity contribution is -0.132. The molecular formula is C23H19NO3S. The summed E-state index contributed by atoms with van der Waals surface area (Å²) in [5.74, 6) is -1.27. The van der Waals surface area contributed by atoms with Crippen LogP contribution in [0.2, 0.25) is 0 Å². The largest absolute Gasteiger partial charge is 0.478 e. The van der Waals surface area contributed by atoms with E-state index in [1.165, 1.54) is 11.3 Å². The van der Waals surface area contributed by atoms with Gasteiger partial charge in [-0.2, -0.15) is 0 Å². The Kier molecular flexibility index (Phi) is 4.84. The summed E-state index contributed by atoms with van der Waals surface area (Å²) in [6.07, 6.45) is 4.65. The SMILES string of the molecule is Cc1cc(C(=O)NC2=C(C(=O)O)CCC=C2)sc1-c1cccc2ccccc12. The highest BCUT2D eigenvalue weighted by Crippen LogP contribution is 2.36. The van der Waals surface area contributed by atoms with Crippen LogP contribution in [-0.4, -0.2) is 17.0 Å².